The monoisotopic (exact) mass is 318 g/mol. The molecule has 5 rings (SSSR count). The first-order chi connectivity index (χ1) is 11.9. The topological polar surface area (TPSA) is 18.5 Å². The Morgan fingerprint density at radius 2 is 1.62 bits per heavy atom. The molecule has 1 aliphatic heterocycles. The average Bonchev–Trinajstić information content (AvgIpc) is 3.23. The Hall–Kier alpha value is -1.90. The van der Waals surface area contributed by atoms with Gasteiger partial charge in [-0.2, -0.15) is 0 Å². The molecular weight excluding hydrogens is 296 g/mol. The second-order valence-electron chi connectivity index (χ2n) is 7.01. The van der Waals surface area contributed by atoms with Crippen molar-refractivity contribution in [3.05, 3.63) is 77.4 Å². The summed E-state index contributed by atoms with van der Waals surface area (Å²) in [4.78, 5) is 0. The Morgan fingerprint density at radius 1 is 0.875 bits per heavy atom. The highest BCUT2D eigenvalue weighted by Crippen LogP contribution is 2.60. The predicted molar refractivity (Wildman–Crippen MR) is 94.5 cm³/mol. The second kappa shape index (κ2) is 5.58. The first-order valence-electron chi connectivity index (χ1n) is 9.01. The van der Waals surface area contributed by atoms with Crippen molar-refractivity contribution in [2.24, 2.45) is 5.92 Å². The molecule has 0 amide bonds. The van der Waals surface area contributed by atoms with Crippen molar-refractivity contribution in [3.8, 4) is 0 Å². The standard InChI is InChI=1S/C22H22O2/c1-3-8-16(9-4-1)20-18-12-7-13-19(18)22(17-10-5-2-6-11-17)21(20)23-14-15-24-22/h1-6,8-11,19,21H,7,12-15H2/t19-,21+,22-/m1/s1. The van der Waals surface area contributed by atoms with E-state index in [1.165, 1.54) is 36.0 Å². The molecular formula is C22H22O2. The third-order valence-electron chi connectivity index (χ3n) is 5.89. The second-order valence-corrected chi connectivity index (χ2v) is 7.01. The van der Waals surface area contributed by atoms with Gasteiger partial charge in [0, 0.05) is 5.92 Å². The van der Waals surface area contributed by atoms with Crippen LogP contribution in [-0.4, -0.2) is 19.3 Å². The molecule has 0 unspecified atom stereocenters. The van der Waals surface area contributed by atoms with Crippen LogP contribution >= 0.6 is 0 Å². The van der Waals surface area contributed by atoms with Gasteiger partial charge in [-0.1, -0.05) is 66.2 Å². The Morgan fingerprint density at radius 3 is 2.42 bits per heavy atom. The summed E-state index contributed by atoms with van der Waals surface area (Å²) < 4.78 is 13.0. The van der Waals surface area contributed by atoms with Gasteiger partial charge in [-0.05, 0) is 36.0 Å². The van der Waals surface area contributed by atoms with Crippen LogP contribution in [0, 0.1) is 5.92 Å². The molecule has 0 N–H and O–H groups in total. The zero-order valence-corrected chi connectivity index (χ0v) is 13.8. The maximum Gasteiger partial charge on any atom is 0.130 e. The Bertz CT molecular complexity index is 765. The fourth-order valence-corrected chi connectivity index (χ4v) is 5.06. The summed E-state index contributed by atoms with van der Waals surface area (Å²) in [5, 5.41) is 0. The quantitative estimate of drug-likeness (QED) is 0.808. The number of fused-ring (bicyclic) bond motifs is 3. The number of hydrogen-bond acceptors (Lipinski definition) is 2. The molecule has 3 atom stereocenters. The molecule has 0 aromatic heterocycles. The van der Waals surface area contributed by atoms with Crippen LogP contribution in [0.3, 0.4) is 0 Å². The van der Waals surface area contributed by atoms with E-state index in [1.54, 1.807) is 5.57 Å². The van der Waals surface area contributed by atoms with Gasteiger partial charge in [0.1, 0.15) is 11.7 Å². The molecule has 2 aromatic rings. The summed E-state index contributed by atoms with van der Waals surface area (Å²) in [5.74, 6) is 0.445. The van der Waals surface area contributed by atoms with E-state index in [-0.39, 0.29) is 11.7 Å². The zero-order valence-electron chi connectivity index (χ0n) is 13.8. The van der Waals surface area contributed by atoms with Gasteiger partial charge in [0.2, 0.25) is 0 Å². The third-order valence-corrected chi connectivity index (χ3v) is 5.89. The number of benzene rings is 2. The minimum Gasteiger partial charge on any atom is -0.368 e. The van der Waals surface area contributed by atoms with E-state index in [1.807, 2.05) is 0 Å². The van der Waals surface area contributed by atoms with E-state index in [9.17, 15) is 0 Å². The van der Waals surface area contributed by atoms with E-state index >= 15 is 0 Å². The molecule has 0 bridgehead atoms. The fourth-order valence-electron chi connectivity index (χ4n) is 5.06. The van der Waals surface area contributed by atoms with Crippen molar-refractivity contribution in [3.63, 3.8) is 0 Å². The summed E-state index contributed by atoms with van der Waals surface area (Å²) in [6, 6.07) is 21.5. The third kappa shape index (κ3) is 1.90. The van der Waals surface area contributed by atoms with Crippen molar-refractivity contribution in [2.45, 2.75) is 31.0 Å². The molecule has 0 spiro atoms. The Balaban J connectivity index is 1.72. The van der Waals surface area contributed by atoms with Gasteiger partial charge in [0.15, 0.2) is 0 Å². The molecule has 1 saturated heterocycles. The molecule has 2 aliphatic carbocycles. The summed E-state index contributed by atoms with van der Waals surface area (Å²) in [7, 11) is 0. The SMILES string of the molecule is c1ccc(C2=C3CCC[C@H]3[C@@]3(c4ccccc4)OCCO[C@@H]23)cc1. The molecule has 122 valence electrons. The van der Waals surface area contributed by atoms with Crippen LogP contribution in [0.1, 0.15) is 30.4 Å². The molecule has 1 saturated carbocycles. The van der Waals surface area contributed by atoms with Gasteiger partial charge in [-0.15, -0.1) is 0 Å². The van der Waals surface area contributed by atoms with Crippen LogP contribution in [0.25, 0.3) is 5.57 Å². The normalized spacial score (nSPS) is 31.8. The largest absolute Gasteiger partial charge is 0.368 e. The lowest BCUT2D eigenvalue weighted by atomic mass is 9.78. The van der Waals surface area contributed by atoms with Crippen molar-refractivity contribution < 1.29 is 9.47 Å². The fraction of sp³-hybridized carbons (Fsp3) is 0.364. The molecule has 2 aromatic carbocycles. The van der Waals surface area contributed by atoms with Gasteiger partial charge in [0.05, 0.1) is 13.2 Å². The lowest BCUT2D eigenvalue weighted by Gasteiger charge is -2.44. The molecule has 2 fully saturated rings. The first kappa shape index (κ1) is 14.4. The van der Waals surface area contributed by atoms with E-state index in [0.717, 1.165) is 0 Å². The van der Waals surface area contributed by atoms with E-state index in [0.29, 0.717) is 19.1 Å². The van der Waals surface area contributed by atoms with Crippen LogP contribution < -0.4 is 0 Å². The number of rotatable bonds is 2. The zero-order chi connectivity index (χ0) is 16.0. The molecule has 3 aliphatic rings. The predicted octanol–water partition coefficient (Wildman–Crippen LogP) is 4.56. The van der Waals surface area contributed by atoms with Crippen molar-refractivity contribution >= 4 is 5.57 Å². The number of hydrogen-bond donors (Lipinski definition) is 0. The average molecular weight is 318 g/mol. The summed E-state index contributed by atoms with van der Waals surface area (Å²) >= 11 is 0. The summed E-state index contributed by atoms with van der Waals surface area (Å²) in [6.07, 6.45) is 3.63. The molecule has 24 heavy (non-hydrogen) atoms. The van der Waals surface area contributed by atoms with Gasteiger partial charge in [-0.3, -0.25) is 0 Å². The van der Waals surface area contributed by atoms with Crippen LogP contribution in [0.4, 0.5) is 0 Å². The van der Waals surface area contributed by atoms with Crippen molar-refractivity contribution in [2.75, 3.05) is 13.2 Å². The summed E-state index contributed by atoms with van der Waals surface area (Å²) in [6.45, 7) is 1.35. The van der Waals surface area contributed by atoms with E-state index in [4.69, 9.17) is 9.47 Å². The smallest absolute Gasteiger partial charge is 0.130 e. The summed E-state index contributed by atoms with van der Waals surface area (Å²) in [5.41, 5.74) is 5.19. The van der Waals surface area contributed by atoms with Crippen LogP contribution in [0.2, 0.25) is 0 Å². The van der Waals surface area contributed by atoms with Gasteiger partial charge >= 0.3 is 0 Å². The minimum atomic E-state index is -0.337. The maximum absolute atomic E-state index is 6.57. The van der Waals surface area contributed by atoms with Gasteiger partial charge in [-0.25, -0.2) is 0 Å². The lowest BCUT2D eigenvalue weighted by molar-refractivity contribution is -0.201. The Labute approximate surface area is 143 Å². The van der Waals surface area contributed by atoms with Crippen LogP contribution in [0.5, 0.6) is 0 Å². The molecule has 2 nitrogen and oxygen atoms in total. The highest BCUT2D eigenvalue weighted by molar-refractivity contribution is 5.78. The highest BCUT2D eigenvalue weighted by atomic mass is 16.6. The van der Waals surface area contributed by atoms with Crippen molar-refractivity contribution in [1.29, 1.82) is 0 Å². The molecule has 1 heterocycles. The van der Waals surface area contributed by atoms with E-state index < -0.39 is 0 Å². The first-order valence-corrected chi connectivity index (χ1v) is 9.01. The lowest BCUT2D eigenvalue weighted by Crippen LogP contribution is -2.50. The number of ether oxygens (including phenoxy) is 2. The maximum atomic E-state index is 6.57. The van der Waals surface area contributed by atoms with Gasteiger partial charge < -0.3 is 9.47 Å². The molecule has 2 heteroatoms. The highest BCUT2D eigenvalue weighted by Gasteiger charge is 2.59. The van der Waals surface area contributed by atoms with E-state index in [2.05, 4.69) is 60.7 Å². The Kier molecular flexibility index (Phi) is 3.36. The van der Waals surface area contributed by atoms with Crippen LogP contribution in [0.15, 0.2) is 66.2 Å². The van der Waals surface area contributed by atoms with Gasteiger partial charge in [0.25, 0.3) is 0 Å². The minimum absolute atomic E-state index is 0.0105. The van der Waals surface area contributed by atoms with Crippen molar-refractivity contribution in [1.82, 2.24) is 0 Å². The van der Waals surface area contributed by atoms with Crippen LogP contribution in [-0.2, 0) is 15.1 Å². The molecule has 0 radical (unpaired) electrons.